The molecular formula is C13H17F3N6O. The largest absolute Gasteiger partial charge is 0.433 e. The van der Waals surface area contributed by atoms with Gasteiger partial charge in [-0.25, -0.2) is 4.98 Å². The van der Waals surface area contributed by atoms with Gasteiger partial charge in [-0.15, -0.1) is 0 Å². The lowest BCUT2D eigenvalue weighted by atomic mass is 10.2. The summed E-state index contributed by atoms with van der Waals surface area (Å²) in [7, 11) is 3.85. The van der Waals surface area contributed by atoms with Crippen molar-refractivity contribution in [1.29, 1.82) is 0 Å². The highest BCUT2D eigenvalue weighted by molar-refractivity contribution is 5.48. The summed E-state index contributed by atoms with van der Waals surface area (Å²) in [4.78, 5) is 11.1. The van der Waals surface area contributed by atoms with Crippen LogP contribution in [0.4, 0.5) is 19.0 Å². The number of ether oxygens (including phenoxy) is 1. The van der Waals surface area contributed by atoms with Gasteiger partial charge in [0.1, 0.15) is 12.1 Å². The van der Waals surface area contributed by atoms with E-state index in [4.69, 9.17) is 4.74 Å². The normalized spacial score (nSPS) is 19.7. The molecule has 0 amide bonds. The fraction of sp³-hybridized carbons (Fsp3) is 0.615. The van der Waals surface area contributed by atoms with Gasteiger partial charge in [-0.3, -0.25) is 0 Å². The van der Waals surface area contributed by atoms with Crippen molar-refractivity contribution in [3.05, 3.63) is 18.1 Å². The third kappa shape index (κ3) is 3.37. The molecule has 0 radical (unpaired) electrons. The van der Waals surface area contributed by atoms with Crippen LogP contribution in [0.5, 0.6) is 0 Å². The Balaban J connectivity index is 1.96. The van der Waals surface area contributed by atoms with Crippen LogP contribution in [0.25, 0.3) is 5.78 Å². The molecule has 0 N–H and O–H groups in total. The van der Waals surface area contributed by atoms with E-state index in [-0.39, 0.29) is 11.9 Å². The van der Waals surface area contributed by atoms with Crippen LogP contribution < -0.4 is 4.90 Å². The number of aromatic nitrogens is 4. The third-order valence-electron chi connectivity index (χ3n) is 3.56. The topological polar surface area (TPSA) is 58.8 Å². The van der Waals surface area contributed by atoms with E-state index in [0.29, 0.717) is 32.1 Å². The minimum Gasteiger partial charge on any atom is -0.373 e. The van der Waals surface area contributed by atoms with E-state index in [9.17, 15) is 13.2 Å². The Morgan fingerprint density at radius 3 is 2.87 bits per heavy atom. The smallest absolute Gasteiger partial charge is 0.373 e. The molecule has 0 bridgehead atoms. The second kappa shape index (κ2) is 5.93. The summed E-state index contributed by atoms with van der Waals surface area (Å²) in [6, 6.07) is 1.01. The molecule has 2 aromatic heterocycles. The number of nitrogens with zero attached hydrogens (tertiary/aromatic N) is 6. The summed E-state index contributed by atoms with van der Waals surface area (Å²) in [6.45, 7) is 2.10. The maximum absolute atomic E-state index is 13.0. The van der Waals surface area contributed by atoms with Gasteiger partial charge in [0.05, 0.1) is 12.7 Å². The van der Waals surface area contributed by atoms with Crippen molar-refractivity contribution in [2.24, 2.45) is 0 Å². The number of morpholine rings is 1. The molecule has 0 aromatic carbocycles. The second-order valence-corrected chi connectivity index (χ2v) is 5.67. The molecule has 10 heteroatoms. The van der Waals surface area contributed by atoms with Crippen molar-refractivity contribution in [3.63, 3.8) is 0 Å². The lowest BCUT2D eigenvalue weighted by molar-refractivity contribution is -0.141. The summed E-state index contributed by atoms with van der Waals surface area (Å²) in [5.41, 5.74) is -0.969. The van der Waals surface area contributed by atoms with Gasteiger partial charge in [-0.1, -0.05) is 0 Å². The van der Waals surface area contributed by atoms with Crippen molar-refractivity contribution < 1.29 is 17.9 Å². The number of likely N-dealkylation sites (N-methyl/N-ethyl adjacent to an activating group) is 1. The zero-order valence-corrected chi connectivity index (χ0v) is 12.8. The van der Waals surface area contributed by atoms with E-state index in [1.165, 1.54) is 10.8 Å². The van der Waals surface area contributed by atoms with E-state index in [2.05, 4.69) is 15.1 Å². The maximum atomic E-state index is 13.0. The summed E-state index contributed by atoms with van der Waals surface area (Å²) in [5, 5.41) is 3.99. The van der Waals surface area contributed by atoms with Gasteiger partial charge in [-0.05, 0) is 14.1 Å². The summed E-state index contributed by atoms with van der Waals surface area (Å²) in [5.74, 6) is 0.261. The number of rotatable bonds is 3. The van der Waals surface area contributed by atoms with Crippen molar-refractivity contribution in [2.75, 3.05) is 45.2 Å². The minimum absolute atomic E-state index is 0.0644. The molecule has 0 saturated carbocycles. The molecule has 0 aliphatic carbocycles. The predicted molar refractivity (Wildman–Crippen MR) is 76.3 cm³/mol. The van der Waals surface area contributed by atoms with Crippen LogP contribution in [0.1, 0.15) is 5.69 Å². The van der Waals surface area contributed by atoms with Crippen molar-refractivity contribution in [1.82, 2.24) is 24.5 Å². The van der Waals surface area contributed by atoms with Gasteiger partial charge in [0.25, 0.3) is 5.78 Å². The highest BCUT2D eigenvalue weighted by Gasteiger charge is 2.35. The van der Waals surface area contributed by atoms with Crippen molar-refractivity contribution >= 4 is 11.6 Å². The highest BCUT2D eigenvalue weighted by Crippen LogP contribution is 2.31. The molecule has 3 rings (SSSR count). The van der Waals surface area contributed by atoms with Gasteiger partial charge in [-0.2, -0.15) is 27.8 Å². The Morgan fingerprint density at radius 2 is 2.17 bits per heavy atom. The second-order valence-electron chi connectivity index (χ2n) is 5.67. The molecule has 3 heterocycles. The number of fused-ring (bicyclic) bond motifs is 1. The molecular weight excluding hydrogens is 313 g/mol. The third-order valence-corrected chi connectivity index (χ3v) is 3.56. The van der Waals surface area contributed by atoms with Crippen LogP contribution in [0, 0.1) is 0 Å². The fourth-order valence-corrected chi connectivity index (χ4v) is 2.61. The molecule has 126 valence electrons. The first kappa shape index (κ1) is 15.9. The number of hydrogen-bond donors (Lipinski definition) is 0. The Morgan fingerprint density at radius 1 is 1.39 bits per heavy atom. The van der Waals surface area contributed by atoms with E-state index >= 15 is 0 Å². The van der Waals surface area contributed by atoms with E-state index in [1.54, 1.807) is 0 Å². The van der Waals surface area contributed by atoms with Crippen LogP contribution in [-0.2, 0) is 10.9 Å². The fourth-order valence-electron chi connectivity index (χ4n) is 2.61. The molecule has 0 spiro atoms. The van der Waals surface area contributed by atoms with Crippen LogP contribution in [0.3, 0.4) is 0 Å². The molecule has 2 aromatic rings. The predicted octanol–water partition coefficient (Wildman–Crippen LogP) is 0.910. The molecule has 23 heavy (non-hydrogen) atoms. The first-order valence-electron chi connectivity index (χ1n) is 7.14. The zero-order chi connectivity index (χ0) is 16.6. The van der Waals surface area contributed by atoms with Crippen LogP contribution in [0.2, 0.25) is 0 Å². The van der Waals surface area contributed by atoms with Gasteiger partial charge in [0.2, 0.25) is 0 Å². The number of hydrogen-bond acceptors (Lipinski definition) is 6. The summed E-state index contributed by atoms with van der Waals surface area (Å²) in [6.07, 6.45) is -3.42. The molecule has 1 fully saturated rings. The van der Waals surface area contributed by atoms with Gasteiger partial charge >= 0.3 is 6.18 Å². The standard InChI is InChI=1S/C13H17F3N6O/c1-20(2)6-9-7-21(3-4-23-9)11-5-10(13(14,15)16)19-12-17-8-18-22(11)12/h5,8-9H,3-4,6-7H2,1-2H3. The molecule has 1 saturated heterocycles. The van der Waals surface area contributed by atoms with Gasteiger partial charge < -0.3 is 14.5 Å². The lowest BCUT2D eigenvalue weighted by Crippen LogP contribution is -2.47. The Bertz CT molecular complexity index is 686. The van der Waals surface area contributed by atoms with Crippen molar-refractivity contribution in [2.45, 2.75) is 12.3 Å². The van der Waals surface area contributed by atoms with E-state index < -0.39 is 11.9 Å². The van der Waals surface area contributed by atoms with Gasteiger partial charge in [0, 0.05) is 25.7 Å². The Kier molecular flexibility index (Phi) is 4.11. The highest BCUT2D eigenvalue weighted by atomic mass is 19.4. The molecule has 1 aliphatic heterocycles. The number of halogens is 3. The molecule has 1 aliphatic rings. The average Bonchev–Trinajstić information content (AvgIpc) is 2.93. The van der Waals surface area contributed by atoms with E-state index in [0.717, 1.165) is 6.07 Å². The Hall–Kier alpha value is -1.94. The van der Waals surface area contributed by atoms with E-state index in [1.807, 2.05) is 23.9 Å². The zero-order valence-electron chi connectivity index (χ0n) is 12.8. The Labute approximate surface area is 130 Å². The molecule has 1 unspecified atom stereocenters. The molecule has 7 nitrogen and oxygen atoms in total. The summed E-state index contributed by atoms with van der Waals surface area (Å²) >= 11 is 0. The summed E-state index contributed by atoms with van der Waals surface area (Å²) < 4.78 is 46.1. The SMILES string of the molecule is CN(C)CC1CN(c2cc(C(F)(F)F)nc3ncnn23)CCO1. The number of anilines is 1. The van der Waals surface area contributed by atoms with Gasteiger partial charge in [0.15, 0.2) is 5.69 Å². The van der Waals surface area contributed by atoms with Crippen LogP contribution in [-0.4, -0.2) is 70.9 Å². The first-order chi connectivity index (χ1) is 10.8. The first-order valence-corrected chi connectivity index (χ1v) is 7.14. The lowest BCUT2D eigenvalue weighted by Gasteiger charge is -2.35. The number of alkyl halides is 3. The average molecular weight is 330 g/mol. The monoisotopic (exact) mass is 330 g/mol. The van der Waals surface area contributed by atoms with Crippen LogP contribution >= 0.6 is 0 Å². The van der Waals surface area contributed by atoms with Crippen LogP contribution in [0.15, 0.2) is 12.4 Å². The quantitative estimate of drug-likeness (QED) is 0.834. The minimum atomic E-state index is -4.53. The molecule has 1 atom stereocenters. The van der Waals surface area contributed by atoms with Crippen molar-refractivity contribution in [3.8, 4) is 0 Å². The maximum Gasteiger partial charge on any atom is 0.433 e.